The average Bonchev–Trinajstić information content (AvgIpc) is 3.68. The Morgan fingerprint density at radius 2 is 1.67 bits per heavy atom. The fourth-order valence-electron chi connectivity index (χ4n) is 5.35. The summed E-state index contributed by atoms with van der Waals surface area (Å²) in [6.07, 6.45) is 3.51. The zero-order valence-electron chi connectivity index (χ0n) is 22.9. The van der Waals surface area contributed by atoms with Crippen molar-refractivity contribution in [3.05, 3.63) is 141 Å². The van der Waals surface area contributed by atoms with Crippen LogP contribution in [0.4, 0.5) is 13.2 Å². The molecule has 11 heteroatoms. The Bertz CT molecular complexity index is 1950. The van der Waals surface area contributed by atoms with Crippen LogP contribution in [0.15, 0.2) is 91.8 Å². The third kappa shape index (κ3) is 5.18. The van der Waals surface area contributed by atoms with Gasteiger partial charge in [0.15, 0.2) is 5.60 Å². The topological polar surface area (TPSA) is 68.8 Å². The minimum atomic E-state index is -4.71. The number of halogens is 5. The first kappa shape index (κ1) is 28.9. The molecule has 43 heavy (non-hydrogen) atoms. The molecule has 2 aromatic carbocycles. The number of fused-ring (bicyclic) bond motifs is 1. The van der Waals surface area contributed by atoms with Gasteiger partial charge in [0.05, 0.1) is 28.8 Å². The minimum Gasteiger partial charge on any atom is -0.374 e. The lowest BCUT2D eigenvalue weighted by Gasteiger charge is -2.31. The first-order valence-corrected chi connectivity index (χ1v) is 14.0. The standard InChI is InChI=1S/C32H24Cl2F3N5O/c1-19-13-22(31(43,27-17-38-18-41(27)2)21-9-10-39-26(16-21)32(35,36)37)15-24-28(33)25(30(34)40-29(19)24)14-20-5-7-23(8-6-20)42-11-3-4-12-42/h3-13,15-18,43H,14H2,1-2H3. The Balaban J connectivity index is 1.50. The molecule has 0 aliphatic heterocycles. The molecule has 0 saturated carbocycles. The van der Waals surface area contributed by atoms with Crippen LogP contribution in [-0.2, 0) is 25.2 Å². The molecule has 0 bridgehead atoms. The molecule has 0 amide bonds. The predicted molar refractivity (Wildman–Crippen MR) is 160 cm³/mol. The lowest BCUT2D eigenvalue weighted by Crippen LogP contribution is -2.32. The van der Waals surface area contributed by atoms with Crippen molar-refractivity contribution in [2.24, 2.45) is 7.05 Å². The summed E-state index contributed by atoms with van der Waals surface area (Å²) in [5.74, 6) is 0. The molecule has 218 valence electrons. The number of hydrogen-bond acceptors (Lipinski definition) is 4. The summed E-state index contributed by atoms with van der Waals surface area (Å²) in [7, 11) is 1.65. The first-order valence-electron chi connectivity index (χ1n) is 13.2. The molecule has 0 radical (unpaired) electrons. The summed E-state index contributed by atoms with van der Waals surface area (Å²) in [4.78, 5) is 12.2. The molecule has 4 aromatic heterocycles. The number of alkyl halides is 3. The third-order valence-corrected chi connectivity index (χ3v) is 8.30. The molecule has 6 nitrogen and oxygen atoms in total. The molecule has 0 fully saturated rings. The van der Waals surface area contributed by atoms with E-state index in [0.29, 0.717) is 33.5 Å². The second kappa shape index (κ2) is 10.8. The van der Waals surface area contributed by atoms with Gasteiger partial charge < -0.3 is 14.2 Å². The summed E-state index contributed by atoms with van der Waals surface area (Å²) in [6, 6.07) is 17.4. The first-order chi connectivity index (χ1) is 20.5. The van der Waals surface area contributed by atoms with Gasteiger partial charge in [-0.05, 0) is 71.6 Å². The van der Waals surface area contributed by atoms with Crippen LogP contribution in [0.2, 0.25) is 10.2 Å². The van der Waals surface area contributed by atoms with Gasteiger partial charge >= 0.3 is 6.18 Å². The van der Waals surface area contributed by atoms with Gasteiger partial charge in [-0.15, -0.1) is 0 Å². The molecule has 0 spiro atoms. The Morgan fingerprint density at radius 3 is 2.33 bits per heavy atom. The van der Waals surface area contributed by atoms with Crippen LogP contribution in [-0.4, -0.2) is 29.2 Å². The van der Waals surface area contributed by atoms with Gasteiger partial charge in [-0.2, -0.15) is 13.2 Å². The van der Waals surface area contributed by atoms with Crippen LogP contribution in [0.1, 0.15) is 39.2 Å². The van der Waals surface area contributed by atoms with Crippen molar-refractivity contribution >= 4 is 34.1 Å². The van der Waals surface area contributed by atoms with E-state index < -0.39 is 17.5 Å². The van der Waals surface area contributed by atoms with E-state index in [-0.39, 0.29) is 22.0 Å². The number of benzene rings is 2. The summed E-state index contributed by atoms with van der Waals surface area (Å²) < 4.78 is 44.5. The summed E-state index contributed by atoms with van der Waals surface area (Å²) >= 11 is 13.7. The lowest BCUT2D eigenvalue weighted by molar-refractivity contribution is -0.141. The Hall–Kier alpha value is -4.18. The number of nitrogens with zero attached hydrogens (tertiary/aromatic N) is 5. The molecule has 6 aromatic rings. The Labute approximate surface area is 255 Å². The van der Waals surface area contributed by atoms with E-state index in [1.165, 1.54) is 18.6 Å². The highest BCUT2D eigenvalue weighted by atomic mass is 35.5. The van der Waals surface area contributed by atoms with Crippen LogP contribution in [0.25, 0.3) is 16.6 Å². The SMILES string of the molecule is Cc1cc(C(O)(c2ccnc(C(F)(F)F)c2)c2cncn2C)cc2c(Cl)c(Cc3ccc(-n4cccc4)cc3)c(Cl)nc12. The molecule has 4 heterocycles. The van der Waals surface area contributed by atoms with Crippen LogP contribution >= 0.6 is 23.2 Å². The van der Waals surface area contributed by atoms with Crippen molar-refractivity contribution in [2.45, 2.75) is 25.1 Å². The molecule has 0 aliphatic rings. The van der Waals surface area contributed by atoms with Crippen molar-refractivity contribution in [3.8, 4) is 5.69 Å². The van der Waals surface area contributed by atoms with Crippen LogP contribution in [0.3, 0.4) is 0 Å². The lowest BCUT2D eigenvalue weighted by atomic mass is 9.82. The van der Waals surface area contributed by atoms with Gasteiger partial charge in [0.1, 0.15) is 10.8 Å². The number of aliphatic hydroxyl groups is 1. The highest BCUT2D eigenvalue weighted by molar-refractivity contribution is 6.39. The van der Waals surface area contributed by atoms with Crippen molar-refractivity contribution in [1.29, 1.82) is 0 Å². The van der Waals surface area contributed by atoms with E-state index in [0.717, 1.165) is 23.5 Å². The summed E-state index contributed by atoms with van der Waals surface area (Å²) in [5, 5.41) is 13.5. The highest BCUT2D eigenvalue weighted by Gasteiger charge is 2.40. The average molecular weight is 622 g/mol. The molecular weight excluding hydrogens is 598 g/mol. The van der Waals surface area contributed by atoms with Crippen molar-refractivity contribution in [3.63, 3.8) is 0 Å². The highest BCUT2D eigenvalue weighted by Crippen LogP contribution is 2.42. The van der Waals surface area contributed by atoms with Gasteiger partial charge in [-0.25, -0.2) is 9.97 Å². The van der Waals surface area contributed by atoms with Gasteiger partial charge in [0.2, 0.25) is 0 Å². The summed E-state index contributed by atoms with van der Waals surface area (Å²) in [6.45, 7) is 1.78. The number of aromatic nitrogens is 5. The van der Waals surface area contributed by atoms with Gasteiger partial charge in [0, 0.05) is 48.7 Å². The van der Waals surface area contributed by atoms with Crippen LogP contribution in [0.5, 0.6) is 0 Å². The Morgan fingerprint density at radius 1 is 0.953 bits per heavy atom. The molecule has 1 atom stereocenters. The van der Waals surface area contributed by atoms with E-state index in [4.69, 9.17) is 23.2 Å². The predicted octanol–water partition coefficient (Wildman–Crippen LogP) is 7.66. The van der Waals surface area contributed by atoms with E-state index in [1.54, 1.807) is 30.7 Å². The molecule has 6 rings (SSSR count). The fraction of sp³-hybridized carbons (Fsp3) is 0.156. The van der Waals surface area contributed by atoms with Gasteiger partial charge in [0.25, 0.3) is 0 Å². The van der Waals surface area contributed by atoms with E-state index in [2.05, 4.69) is 15.0 Å². The second-order valence-electron chi connectivity index (χ2n) is 10.3. The van der Waals surface area contributed by atoms with Gasteiger partial charge in [-0.3, -0.25) is 4.98 Å². The molecule has 1 N–H and O–H groups in total. The fourth-order valence-corrected chi connectivity index (χ4v) is 5.94. The maximum atomic E-state index is 13.7. The number of imidazole rings is 1. The third-order valence-electron chi connectivity index (χ3n) is 7.55. The van der Waals surface area contributed by atoms with Crippen LogP contribution < -0.4 is 0 Å². The van der Waals surface area contributed by atoms with E-state index in [9.17, 15) is 18.3 Å². The number of aryl methyl sites for hydroxylation is 2. The van der Waals surface area contributed by atoms with Crippen molar-refractivity contribution in [1.82, 2.24) is 24.1 Å². The zero-order valence-corrected chi connectivity index (χ0v) is 24.5. The molecular formula is C32H24Cl2F3N5O. The number of rotatable bonds is 6. The summed E-state index contributed by atoms with van der Waals surface area (Å²) in [5.41, 5.74) is 1.04. The normalized spacial score (nSPS) is 13.4. The maximum absolute atomic E-state index is 13.7. The second-order valence-corrected chi connectivity index (χ2v) is 11.1. The monoisotopic (exact) mass is 621 g/mol. The van der Waals surface area contributed by atoms with Gasteiger partial charge in [-0.1, -0.05) is 41.4 Å². The quantitative estimate of drug-likeness (QED) is 0.194. The molecule has 1 unspecified atom stereocenters. The van der Waals surface area contributed by atoms with E-state index in [1.807, 2.05) is 53.4 Å². The Kier molecular flexibility index (Phi) is 7.28. The zero-order chi connectivity index (χ0) is 30.5. The van der Waals surface area contributed by atoms with Crippen molar-refractivity contribution in [2.75, 3.05) is 0 Å². The maximum Gasteiger partial charge on any atom is 0.433 e. The number of hydrogen-bond donors (Lipinski definition) is 1. The smallest absolute Gasteiger partial charge is 0.374 e. The van der Waals surface area contributed by atoms with E-state index >= 15 is 0 Å². The molecule has 0 aliphatic carbocycles. The molecule has 0 saturated heterocycles. The largest absolute Gasteiger partial charge is 0.433 e. The van der Waals surface area contributed by atoms with Crippen LogP contribution in [0, 0.1) is 6.92 Å². The minimum absolute atomic E-state index is 0.0294. The number of pyridine rings is 2. The van der Waals surface area contributed by atoms with Crippen molar-refractivity contribution < 1.29 is 18.3 Å².